The predicted octanol–water partition coefficient (Wildman–Crippen LogP) is 2.30. The molecule has 8 heteroatoms. The molecule has 1 heterocycles. The third-order valence-corrected chi connectivity index (χ3v) is 4.35. The summed E-state index contributed by atoms with van der Waals surface area (Å²) >= 11 is 1.08. The average molecular weight is 329 g/mol. The molecule has 1 atom stereocenters. The van der Waals surface area contributed by atoms with E-state index < -0.39 is 23.2 Å². The Morgan fingerprint density at radius 3 is 2.68 bits per heavy atom. The van der Waals surface area contributed by atoms with Crippen LogP contribution in [0.15, 0.2) is 12.1 Å². The van der Waals surface area contributed by atoms with Crippen LogP contribution in [0.25, 0.3) is 0 Å². The van der Waals surface area contributed by atoms with Crippen molar-refractivity contribution in [2.75, 3.05) is 17.2 Å². The molecule has 0 bridgehead atoms. The van der Waals surface area contributed by atoms with Gasteiger partial charge in [-0.25, -0.2) is 13.6 Å². The molecule has 2 rings (SSSR count). The molecule has 1 saturated heterocycles. The minimum Gasteiger partial charge on any atom is -0.477 e. The van der Waals surface area contributed by atoms with Crippen molar-refractivity contribution in [2.24, 2.45) is 5.92 Å². The highest BCUT2D eigenvalue weighted by molar-refractivity contribution is 8.13. The van der Waals surface area contributed by atoms with Crippen LogP contribution in [0.4, 0.5) is 14.5 Å². The van der Waals surface area contributed by atoms with Crippen LogP contribution in [-0.4, -0.2) is 34.4 Å². The van der Waals surface area contributed by atoms with Crippen LogP contribution in [0, 0.1) is 17.6 Å². The van der Waals surface area contributed by atoms with Gasteiger partial charge >= 0.3 is 5.97 Å². The van der Waals surface area contributed by atoms with E-state index in [0.29, 0.717) is 5.75 Å². The molecule has 0 spiro atoms. The van der Waals surface area contributed by atoms with Crippen molar-refractivity contribution in [3.8, 4) is 0 Å². The second-order valence-electron chi connectivity index (χ2n) is 4.94. The zero-order chi connectivity index (χ0) is 16.4. The summed E-state index contributed by atoms with van der Waals surface area (Å²) in [6.07, 6.45) is 0.138. The molecule has 1 aliphatic rings. The van der Waals surface area contributed by atoms with Gasteiger partial charge in [-0.3, -0.25) is 9.59 Å². The summed E-state index contributed by atoms with van der Waals surface area (Å²) < 4.78 is 27.6. The number of hydrogen-bond donors (Lipinski definition) is 1. The van der Waals surface area contributed by atoms with E-state index in [1.165, 1.54) is 6.92 Å². The van der Waals surface area contributed by atoms with E-state index in [4.69, 9.17) is 5.11 Å². The van der Waals surface area contributed by atoms with Gasteiger partial charge in [0, 0.05) is 25.6 Å². The summed E-state index contributed by atoms with van der Waals surface area (Å²) in [6.45, 7) is 1.58. The van der Waals surface area contributed by atoms with Crippen LogP contribution < -0.4 is 4.90 Å². The second-order valence-corrected chi connectivity index (χ2v) is 6.13. The number of nitrogens with zero attached hydrogens (tertiary/aromatic N) is 1. The van der Waals surface area contributed by atoms with E-state index in [2.05, 4.69) is 0 Å². The lowest BCUT2D eigenvalue weighted by Gasteiger charge is -2.18. The molecule has 118 valence electrons. The van der Waals surface area contributed by atoms with Gasteiger partial charge in [-0.1, -0.05) is 11.8 Å². The van der Waals surface area contributed by atoms with Crippen LogP contribution >= 0.6 is 11.8 Å². The van der Waals surface area contributed by atoms with Gasteiger partial charge in [-0.2, -0.15) is 0 Å². The number of benzene rings is 1. The second kappa shape index (κ2) is 6.43. The first-order valence-corrected chi connectivity index (χ1v) is 7.44. The molecule has 5 nitrogen and oxygen atoms in total. The van der Waals surface area contributed by atoms with Crippen LogP contribution in [0.3, 0.4) is 0 Å². The molecule has 1 unspecified atom stereocenters. The summed E-state index contributed by atoms with van der Waals surface area (Å²) in [6, 6.07) is 1.88. The molecular formula is C14H13F2NO4S. The Kier molecular flexibility index (Phi) is 4.80. The lowest BCUT2D eigenvalue weighted by molar-refractivity contribution is -0.117. The fraction of sp³-hybridized carbons (Fsp3) is 0.357. The van der Waals surface area contributed by atoms with Crippen molar-refractivity contribution >= 4 is 34.4 Å². The maximum Gasteiger partial charge on any atom is 0.341 e. The van der Waals surface area contributed by atoms with E-state index >= 15 is 0 Å². The quantitative estimate of drug-likeness (QED) is 0.917. The first-order chi connectivity index (χ1) is 10.3. The molecule has 0 radical (unpaired) electrons. The topological polar surface area (TPSA) is 74.7 Å². The lowest BCUT2D eigenvalue weighted by Crippen LogP contribution is -2.26. The Morgan fingerprint density at radius 1 is 1.41 bits per heavy atom. The van der Waals surface area contributed by atoms with E-state index in [9.17, 15) is 23.2 Å². The van der Waals surface area contributed by atoms with Crippen molar-refractivity contribution < 1.29 is 28.3 Å². The first kappa shape index (κ1) is 16.4. The lowest BCUT2D eigenvalue weighted by atomic mass is 10.1. The summed E-state index contributed by atoms with van der Waals surface area (Å²) in [5.74, 6) is -4.28. The van der Waals surface area contributed by atoms with Crippen molar-refractivity contribution in [1.29, 1.82) is 0 Å². The molecule has 1 aliphatic heterocycles. The molecule has 1 N–H and O–H groups in total. The normalized spacial score (nSPS) is 17.9. The number of carbonyl (C=O) groups is 3. The number of rotatable bonds is 4. The van der Waals surface area contributed by atoms with Crippen molar-refractivity contribution in [3.05, 3.63) is 29.3 Å². The Balaban J connectivity index is 2.25. The van der Waals surface area contributed by atoms with Gasteiger partial charge in [0.2, 0.25) is 5.91 Å². The Hall–Kier alpha value is -1.96. The number of aromatic carboxylic acids is 1. The molecule has 0 aliphatic carbocycles. The molecule has 1 aromatic carbocycles. The van der Waals surface area contributed by atoms with Gasteiger partial charge in [0.15, 0.2) is 10.9 Å². The highest BCUT2D eigenvalue weighted by Crippen LogP contribution is 2.31. The van der Waals surface area contributed by atoms with Gasteiger partial charge < -0.3 is 10.0 Å². The summed E-state index contributed by atoms with van der Waals surface area (Å²) in [5.41, 5.74) is -1.33. The van der Waals surface area contributed by atoms with E-state index in [0.717, 1.165) is 28.8 Å². The SMILES string of the molecule is CC(=O)SCC1CC(=O)N(c2ccc(F)c(C(=O)O)c2F)C1. The van der Waals surface area contributed by atoms with Gasteiger partial charge in [-0.15, -0.1) is 0 Å². The largest absolute Gasteiger partial charge is 0.477 e. The number of carbonyl (C=O) groups excluding carboxylic acids is 2. The minimum atomic E-state index is -1.73. The first-order valence-electron chi connectivity index (χ1n) is 6.46. The molecule has 1 fully saturated rings. The van der Waals surface area contributed by atoms with Gasteiger partial charge in [0.05, 0.1) is 5.69 Å². The Morgan fingerprint density at radius 2 is 2.09 bits per heavy atom. The molecule has 22 heavy (non-hydrogen) atoms. The van der Waals surface area contributed by atoms with Crippen molar-refractivity contribution in [3.63, 3.8) is 0 Å². The number of thioether (sulfide) groups is 1. The number of amides is 1. The summed E-state index contributed by atoms with van der Waals surface area (Å²) in [5, 5.41) is 8.78. The van der Waals surface area contributed by atoms with Crippen LogP contribution in [-0.2, 0) is 9.59 Å². The van der Waals surface area contributed by atoms with Crippen molar-refractivity contribution in [1.82, 2.24) is 0 Å². The Bertz CT molecular complexity index is 650. The van der Waals surface area contributed by atoms with Gasteiger partial charge in [0.1, 0.15) is 11.4 Å². The molecule has 1 aromatic rings. The molecular weight excluding hydrogens is 316 g/mol. The zero-order valence-electron chi connectivity index (χ0n) is 11.6. The van der Waals surface area contributed by atoms with E-state index in [1.807, 2.05) is 0 Å². The highest BCUT2D eigenvalue weighted by Gasteiger charge is 2.34. The third-order valence-electron chi connectivity index (χ3n) is 3.30. The zero-order valence-corrected chi connectivity index (χ0v) is 12.5. The predicted molar refractivity (Wildman–Crippen MR) is 76.9 cm³/mol. The number of hydrogen-bond acceptors (Lipinski definition) is 4. The summed E-state index contributed by atoms with van der Waals surface area (Å²) in [7, 11) is 0. The van der Waals surface area contributed by atoms with Gasteiger partial charge in [0.25, 0.3) is 0 Å². The molecule has 1 amide bonds. The highest BCUT2D eigenvalue weighted by atomic mass is 32.2. The number of carboxylic acid groups (broad SMARTS) is 1. The minimum absolute atomic E-state index is 0.0768. The van der Waals surface area contributed by atoms with Crippen LogP contribution in [0.5, 0.6) is 0 Å². The standard InChI is InChI=1S/C14H13F2NO4S/c1-7(18)22-6-8-4-11(19)17(5-8)10-3-2-9(15)12(13(10)16)14(20)21/h2-3,8H,4-6H2,1H3,(H,20,21). The third kappa shape index (κ3) is 3.27. The average Bonchev–Trinajstić information content (AvgIpc) is 2.77. The fourth-order valence-corrected chi connectivity index (χ4v) is 3.00. The van der Waals surface area contributed by atoms with Crippen molar-refractivity contribution in [2.45, 2.75) is 13.3 Å². The number of halogens is 2. The smallest absolute Gasteiger partial charge is 0.341 e. The van der Waals surface area contributed by atoms with Crippen LogP contribution in [0.1, 0.15) is 23.7 Å². The molecule has 0 aromatic heterocycles. The molecule has 0 saturated carbocycles. The summed E-state index contributed by atoms with van der Waals surface area (Å²) in [4.78, 5) is 34.9. The number of anilines is 1. The van der Waals surface area contributed by atoms with Crippen LogP contribution in [0.2, 0.25) is 0 Å². The Labute approximate surface area is 129 Å². The maximum atomic E-state index is 14.2. The van der Waals surface area contributed by atoms with Gasteiger partial charge in [-0.05, 0) is 18.1 Å². The van der Waals surface area contributed by atoms with E-state index in [1.54, 1.807) is 0 Å². The number of carboxylic acids is 1. The van der Waals surface area contributed by atoms with E-state index in [-0.39, 0.29) is 35.6 Å². The fourth-order valence-electron chi connectivity index (χ4n) is 2.31. The maximum absolute atomic E-state index is 14.2. The monoisotopic (exact) mass is 329 g/mol.